The zero-order valence-corrected chi connectivity index (χ0v) is 52.6. The van der Waals surface area contributed by atoms with E-state index in [0.717, 1.165) is 29.2 Å². The normalized spacial score (nSPS) is 22.4. The molecule has 2 saturated heterocycles. The van der Waals surface area contributed by atoms with Gasteiger partial charge in [0, 0.05) is 75.0 Å². The molecule has 12 N–H and O–H groups in total. The zero-order chi connectivity index (χ0) is 67.1. The first-order chi connectivity index (χ1) is 44.6. The quantitative estimate of drug-likeness (QED) is 0.0156. The van der Waals surface area contributed by atoms with Gasteiger partial charge in [-0.15, -0.1) is 0 Å². The number of aliphatic carboxylic acids is 1. The van der Waals surface area contributed by atoms with E-state index < -0.39 is 122 Å². The van der Waals surface area contributed by atoms with Crippen molar-refractivity contribution in [3.8, 4) is 22.3 Å². The summed E-state index contributed by atoms with van der Waals surface area (Å²) in [4.78, 5) is 101. The number of ketones is 1. The first kappa shape index (κ1) is 72.6. The summed E-state index contributed by atoms with van der Waals surface area (Å²) in [6, 6.07) is 36.3. The maximum Gasteiger partial charge on any atom is 0.364 e. The number of aliphatic hydroxyl groups excluding tert-OH is 6. The summed E-state index contributed by atoms with van der Waals surface area (Å²) in [6.07, 6.45) is -10.7. The number of carbonyl (C=O) groups is 8. The molecule has 5 amide bonds. The van der Waals surface area contributed by atoms with Crippen LogP contribution in [-0.2, 0) is 38.1 Å². The second-order valence-corrected chi connectivity index (χ2v) is 24.2. The Hall–Kier alpha value is -7.79. The molecule has 500 valence electrons. The number of aliphatic hydroxyl groups is 6. The molecular formula is C68H83N5O19S. The third-order valence-corrected chi connectivity index (χ3v) is 17.1. The van der Waals surface area contributed by atoms with E-state index in [0.29, 0.717) is 79.6 Å². The zero-order valence-electron chi connectivity index (χ0n) is 51.8. The summed E-state index contributed by atoms with van der Waals surface area (Å²) in [5.74, 6) is -7.79. The molecule has 0 spiro atoms. The summed E-state index contributed by atoms with van der Waals surface area (Å²) in [5, 5.41) is 90.2. The van der Waals surface area contributed by atoms with Crippen LogP contribution in [-0.4, -0.2) is 200 Å². The van der Waals surface area contributed by atoms with Crippen molar-refractivity contribution in [3.63, 3.8) is 0 Å². The van der Waals surface area contributed by atoms with Crippen LogP contribution in [0.3, 0.4) is 0 Å². The van der Waals surface area contributed by atoms with Gasteiger partial charge in [0.05, 0.1) is 49.7 Å². The van der Waals surface area contributed by atoms with Crippen LogP contribution in [0.4, 0.5) is 0 Å². The van der Waals surface area contributed by atoms with Crippen molar-refractivity contribution < 1.29 is 93.0 Å². The Kier molecular flexibility index (Phi) is 27.7. The van der Waals surface area contributed by atoms with E-state index in [1.165, 1.54) is 18.7 Å². The molecule has 0 radical (unpaired) electrons. The molecule has 25 heteroatoms. The van der Waals surface area contributed by atoms with E-state index in [4.69, 9.17) is 18.9 Å². The van der Waals surface area contributed by atoms with Crippen LogP contribution in [0.15, 0.2) is 133 Å². The number of Topliss-reactive ketones (excluding diaryl/α,β-unsaturated/α-hetero) is 1. The van der Waals surface area contributed by atoms with Crippen molar-refractivity contribution in [3.05, 3.63) is 156 Å². The first-order valence-corrected chi connectivity index (χ1v) is 32.1. The van der Waals surface area contributed by atoms with Crippen molar-refractivity contribution in [2.75, 3.05) is 44.4 Å². The van der Waals surface area contributed by atoms with E-state index >= 15 is 0 Å². The van der Waals surface area contributed by atoms with Crippen LogP contribution in [0.25, 0.3) is 22.3 Å². The minimum atomic E-state index is -2.47. The number of unbranched alkanes of at least 4 members (excludes halogenated alkanes) is 3. The lowest BCUT2D eigenvalue weighted by atomic mass is 9.88. The second kappa shape index (κ2) is 35.5. The average Bonchev–Trinajstić information content (AvgIpc) is 0.822. The van der Waals surface area contributed by atoms with Crippen LogP contribution in [0.2, 0.25) is 0 Å². The molecule has 5 aromatic carbocycles. The number of carboxylic acids is 1. The molecular weight excluding hydrogens is 1220 g/mol. The SMILES string of the molecule is CC(=O)N[C@H]1[C@H]([C@H](O)[C@H](O)CNC(=O)c2ccc(-c3ccccc3)cc2)O[C@](C=O)(OCCCCCCNC(=O)c2ccc(C(=O)CCCSCCCO[C@]3(C(=O)O)C[C@H](O)[C@@H](NC(C)=O)[C@H]([C@H](O)[C@H](O)CNC(=O)c4ccc(-c5ccccc5)cc4)O3)cc2)C[C@@H]1O. The number of thioether (sulfide) groups is 1. The van der Waals surface area contributed by atoms with Gasteiger partial charge in [0.2, 0.25) is 17.6 Å². The van der Waals surface area contributed by atoms with Crippen molar-refractivity contribution in [1.29, 1.82) is 0 Å². The number of nitrogens with one attached hydrogen (secondary N) is 5. The van der Waals surface area contributed by atoms with E-state index in [9.17, 15) is 74.1 Å². The lowest BCUT2D eigenvalue weighted by Gasteiger charge is -2.46. The van der Waals surface area contributed by atoms with Crippen LogP contribution in [0, 0.1) is 0 Å². The number of carboxylic acid groups (broad SMARTS) is 1. The highest BCUT2D eigenvalue weighted by Crippen LogP contribution is 2.35. The van der Waals surface area contributed by atoms with Crippen molar-refractivity contribution in [2.24, 2.45) is 0 Å². The number of amides is 5. The number of hydrogen-bond donors (Lipinski definition) is 12. The van der Waals surface area contributed by atoms with Crippen molar-refractivity contribution in [1.82, 2.24) is 26.6 Å². The largest absolute Gasteiger partial charge is 0.477 e. The average molecular weight is 1310 g/mol. The van der Waals surface area contributed by atoms with Gasteiger partial charge in [-0.1, -0.05) is 110 Å². The van der Waals surface area contributed by atoms with Gasteiger partial charge in [-0.25, -0.2) is 4.79 Å². The molecule has 24 nitrogen and oxygen atoms in total. The van der Waals surface area contributed by atoms with Crippen LogP contribution in [0.5, 0.6) is 0 Å². The molecule has 2 aliphatic rings. The standard InChI is InChI=1S/C68H83N5O19S/c1-42(75)72-57-53(78)37-67(41-74,91-61(57)59(82)55(80)39-70-64(85)50-26-20-46(21-27-50)44-15-7-5-8-16-44)89-33-12-4-3-11-32-69-63(84)49-30-24-48(25-31-49)52(77)19-13-35-93-36-14-34-90-68(66(87)88)38-54(79)58(73-43(2)76)62(92-68)60(83)56(81)40-71-65(86)51-28-22-47(23-29-51)45-17-9-6-10-18-45/h5-10,15-18,20-31,41,53-62,78-83H,3-4,11-14,19,32-40H2,1-2H3,(H,69,84)(H,70,85)(H,71,86)(H,72,75)(H,73,76)(H,87,88)/t53-,54-,55+,56+,57+,58+,59+,60+,61+,62+,67+,68+/m0/s1. The molecule has 0 saturated carbocycles. The molecule has 7 rings (SSSR count). The molecule has 93 heavy (non-hydrogen) atoms. The molecule has 5 aromatic rings. The first-order valence-electron chi connectivity index (χ1n) is 31.0. The maximum absolute atomic E-state index is 13.0. The van der Waals surface area contributed by atoms with Gasteiger partial charge in [0.25, 0.3) is 23.5 Å². The number of benzene rings is 5. The van der Waals surface area contributed by atoms with Gasteiger partial charge in [0.1, 0.15) is 24.4 Å². The Bertz CT molecular complexity index is 3260. The minimum absolute atomic E-state index is 0.000941. The van der Waals surface area contributed by atoms with Gasteiger partial charge in [-0.05, 0) is 95.8 Å². The third kappa shape index (κ3) is 20.9. The Morgan fingerprint density at radius 3 is 1.46 bits per heavy atom. The van der Waals surface area contributed by atoms with Gasteiger partial charge in [-0.2, -0.15) is 11.8 Å². The van der Waals surface area contributed by atoms with Crippen LogP contribution in [0.1, 0.15) is 113 Å². The molecule has 0 aromatic heterocycles. The number of hydrogen-bond acceptors (Lipinski definition) is 19. The van der Waals surface area contributed by atoms with Gasteiger partial charge >= 0.3 is 5.97 Å². The van der Waals surface area contributed by atoms with Crippen LogP contribution < -0.4 is 26.6 Å². The third-order valence-electron chi connectivity index (χ3n) is 16.0. The lowest BCUT2D eigenvalue weighted by molar-refractivity contribution is -0.310. The fourth-order valence-electron chi connectivity index (χ4n) is 10.9. The Morgan fingerprint density at radius 1 is 0.538 bits per heavy atom. The fourth-order valence-corrected chi connectivity index (χ4v) is 11.8. The Labute approximate surface area is 543 Å². The monoisotopic (exact) mass is 1310 g/mol. The van der Waals surface area contributed by atoms with Gasteiger partial charge in [0.15, 0.2) is 12.1 Å². The fraction of sp³-hybridized carbons (Fsp3) is 0.441. The number of rotatable bonds is 35. The van der Waals surface area contributed by atoms with E-state index in [1.54, 1.807) is 72.8 Å². The number of aldehydes is 1. The molecule has 2 heterocycles. The predicted octanol–water partition coefficient (Wildman–Crippen LogP) is 3.72. The summed E-state index contributed by atoms with van der Waals surface area (Å²) in [7, 11) is 0. The summed E-state index contributed by atoms with van der Waals surface area (Å²) >= 11 is 1.49. The highest BCUT2D eigenvalue weighted by molar-refractivity contribution is 7.99. The molecule has 2 fully saturated rings. The molecule has 0 aliphatic carbocycles. The number of ether oxygens (including phenoxy) is 4. The number of carbonyl (C=O) groups excluding carboxylic acids is 7. The van der Waals surface area contributed by atoms with E-state index in [-0.39, 0.29) is 43.3 Å². The minimum Gasteiger partial charge on any atom is -0.477 e. The molecule has 0 bridgehead atoms. The smallest absolute Gasteiger partial charge is 0.364 e. The summed E-state index contributed by atoms with van der Waals surface area (Å²) in [6.45, 7) is 1.60. The lowest BCUT2D eigenvalue weighted by Crippen LogP contribution is -2.68. The van der Waals surface area contributed by atoms with E-state index in [1.807, 2.05) is 60.7 Å². The highest BCUT2D eigenvalue weighted by atomic mass is 32.2. The van der Waals surface area contributed by atoms with Crippen LogP contribution >= 0.6 is 11.8 Å². The predicted molar refractivity (Wildman–Crippen MR) is 342 cm³/mol. The summed E-state index contributed by atoms with van der Waals surface area (Å²) in [5.41, 5.74) is 5.05. The molecule has 2 aliphatic heterocycles. The highest BCUT2D eigenvalue weighted by Gasteiger charge is 2.56. The molecule has 0 unspecified atom stereocenters. The Balaban J connectivity index is 0.765. The van der Waals surface area contributed by atoms with Crippen molar-refractivity contribution >= 4 is 59.3 Å². The maximum atomic E-state index is 13.0. The van der Waals surface area contributed by atoms with Crippen molar-refractivity contribution in [2.45, 2.75) is 144 Å². The van der Waals surface area contributed by atoms with Gasteiger partial charge < -0.3 is 81.3 Å². The van der Waals surface area contributed by atoms with Gasteiger partial charge in [-0.3, -0.25) is 33.6 Å². The second-order valence-electron chi connectivity index (χ2n) is 23.0. The topological polar surface area (TPSA) is 375 Å². The Morgan fingerprint density at radius 2 is 0.968 bits per heavy atom. The van der Waals surface area contributed by atoms with E-state index in [2.05, 4.69) is 26.6 Å². The molecule has 12 atom stereocenters. The summed E-state index contributed by atoms with van der Waals surface area (Å²) < 4.78 is 23.5.